The van der Waals surface area contributed by atoms with Gasteiger partial charge in [0.1, 0.15) is 5.60 Å². The molecule has 1 atom stereocenters. The molecule has 3 aromatic carbocycles. The molecule has 0 spiro atoms. The fourth-order valence-corrected chi connectivity index (χ4v) is 3.75. The van der Waals surface area contributed by atoms with Crippen molar-refractivity contribution in [1.82, 2.24) is 0 Å². The highest BCUT2D eigenvalue weighted by atomic mass is 16.6. The van der Waals surface area contributed by atoms with E-state index in [-0.39, 0.29) is 5.97 Å². The summed E-state index contributed by atoms with van der Waals surface area (Å²) in [6, 6.07) is 16.1. The molecule has 26 heavy (non-hydrogen) atoms. The number of rotatable bonds is 3. The number of cyclic esters (lactones) is 1. The van der Waals surface area contributed by atoms with E-state index in [1.165, 1.54) is 0 Å². The van der Waals surface area contributed by atoms with Crippen LogP contribution >= 0.6 is 0 Å². The monoisotopic (exact) mass is 344 g/mol. The van der Waals surface area contributed by atoms with Crippen LogP contribution in [0.1, 0.15) is 31.4 Å². The van der Waals surface area contributed by atoms with Crippen molar-refractivity contribution in [2.45, 2.75) is 38.6 Å². The first-order valence-electron chi connectivity index (χ1n) is 8.73. The van der Waals surface area contributed by atoms with Gasteiger partial charge in [0.15, 0.2) is 6.10 Å². The quantitative estimate of drug-likeness (QED) is 0.396. The summed E-state index contributed by atoms with van der Waals surface area (Å²) in [5, 5.41) is 4.18. The third-order valence-electron chi connectivity index (χ3n) is 4.93. The van der Waals surface area contributed by atoms with Crippen LogP contribution < -0.4 is 0 Å². The molecule has 0 bridgehead atoms. The van der Waals surface area contributed by atoms with Crippen LogP contribution in [0.3, 0.4) is 0 Å². The molecule has 1 heterocycles. The standard InChI is InChI=1S/C23H20O3/c1-4-15-16-9-5-7-11-18(16)20(19-12-8-6-10-17(15)19)14-25-21-13-23(2,3)26-22(21)24/h1,5-12,21H,13-14H2,2-3H3. The van der Waals surface area contributed by atoms with Crippen molar-refractivity contribution >= 4 is 27.5 Å². The second kappa shape index (κ2) is 6.16. The van der Waals surface area contributed by atoms with Gasteiger partial charge in [0.25, 0.3) is 0 Å². The summed E-state index contributed by atoms with van der Waals surface area (Å²) in [5.74, 6) is 2.55. The van der Waals surface area contributed by atoms with Gasteiger partial charge in [-0.15, -0.1) is 6.42 Å². The third kappa shape index (κ3) is 2.73. The first-order chi connectivity index (χ1) is 12.5. The van der Waals surface area contributed by atoms with E-state index in [9.17, 15) is 4.79 Å². The molecule has 0 saturated carbocycles. The molecular formula is C23H20O3. The van der Waals surface area contributed by atoms with E-state index in [1.807, 2.05) is 50.2 Å². The molecule has 3 heteroatoms. The minimum atomic E-state index is -0.533. The Hall–Kier alpha value is -2.83. The Bertz CT molecular complexity index is 999. The van der Waals surface area contributed by atoms with Crippen LogP contribution in [0.25, 0.3) is 21.5 Å². The summed E-state index contributed by atoms with van der Waals surface area (Å²) in [7, 11) is 0. The van der Waals surface area contributed by atoms with Gasteiger partial charge in [0.2, 0.25) is 0 Å². The van der Waals surface area contributed by atoms with E-state index >= 15 is 0 Å². The number of esters is 1. The molecule has 1 aliphatic heterocycles. The van der Waals surface area contributed by atoms with Crippen LogP contribution in [0.5, 0.6) is 0 Å². The van der Waals surface area contributed by atoms with Crippen LogP contribution in [0.15, 0.2) is 48.5 Å². The second-order valence-corrected chi connectivity index (χ2v) is 7.27. The molecule has 1 unspecified atom stereocenters. The van der Waals surface area contributed by atoms with Crippen LogP contribution in [0.2, 0.25) is 0 Å². The highest BCUT2D eigenvalue weighted by Crippen LogP contribution is 2.34. The molecule has 3 nitrogen and oxygen atoms in total. The first-order valence-corrected chi connectivity index (χ1v) is 8.73. The Morgan fingerprint density at radius 2 is 1.62 bits per heavy atom. The minimum Gasteiger partial charge on any atom is -0.458 e. The van der Waals surface area contributed by atoms with Crippen LogP contribution in [-0.4, -0.2) is 17.7 Å². The number of fused-ring (bicyclic) bond motifs is 2. The number of benzene rings is 3. The predicted octanol–water partition coefficient (Wildman–Crippen LogP) is 4.59. The van der Waals surface area contributed by atoms with E-state index < -0.39 is 11.7 Å². The highest BCUT2D eigenvalue weighted by Gasteiger charge is 2.40. The minimum absolute atomic E-state index is 0.288. The summed E-state index contributed by atoms with van der Waals surface area (Å²) >= 11 is 0. The van der Waals surface area contributed by atoms with Gasteiger partial charge < -0.3 is 9.47 Å². The van der Waals surface area contributed by atoms with Crippen molar-refractivity contribution in [1.29, 1.82) is 0 Å². The van der Waals surface area contributed by atoms with E-state index in [4.69, 9.17) is 15.9 Å². The number of terminal acetylenes is 1. The topological polar surface area (TPSA) is 35.5 Å². The Kier molecular flexibility index (Phi) is 3.94. The zero-order chi connectivity index (χ0) is 18.3. The average molecular weight is 344 g/mol. The Balaban J connectivity index is 1.81. The van der Waals surface area contributed by atoms with Crippen LogP contribution in [-0.2, 0) is 20.9 Å². The molecule has 0 aromatic heterocycles. The first kappa shape index (κ1) is 16.6. The van der Waals surface area contributed by atoms with Crippen molar-refractivity contribution in [2.75, 3.05) is 0 Å². The maximum absolute atomic E-state index is 12.1. The Morgan fingerprint density at radius 3 is 2.08 bits per heavy atom. The summed E-state index contributed by atoms with van der Waals surface area (Å²) in [5.41, 5.74) is 1.47. The molecule has 3 aromatic rings. The van der Waals surface area contributed by atoms with E-state index in [1.54, 1.807) is 0 Å². The fourth-order valence-electron chi connectivity index (χ4n) is 3.75. The largest absolute Gasteiger partial charge is 0.458 e. The average Bonchev–Trinajstić information content (AvgIpc) is 2.90. The number of ether oxygens (including phenoxy) is 2. The molecule has 1 saturated heterocycles. The lowest BCUT2D eigenvalue weighted by Gasteiger charge is -2.16. The SMILES string of the molecule is C#Cc1c2ccccc2c(COC2CC(C)(C)OC2=O)c2ccccc12. The van der Waals surface area contributed by atoms with Crippen molar-refractivity contribution < 1.29 is 14.3 Å². The lowest BCUT2D eigenvalue weighted by Crippen LogP contribution is -2.19. The van der Waals surface area contributed by atoms with E-state index in [0.717, 1.165) is 32.7 Å². The number of carbonyl (C=O) groups is 1. The molecule has 4 rings (SSSR count). The van der Waals surface area contributed by atoms with Gasteiger partial charge in [-0.3, -0.25) is 0 Å². The molecule has 1 fully saturated rings. The molecule has 0 amide bonds. The molecule has 0 radical (unpaired) electrons. The third-order valence-corrected chi connectivity index (χ3v) is 4.93. The van der Waals surface area contributed by atoms with Gasteiger partial charge >= 0.3 is 5.97 Å². The van der Waals surface area contributed by atoms with Gasteiger partial charge in [-0.05, 0) is 41.0 Å². The summed E-state index contributed by atoms with van der Waals surface area (Å²) in [6.45, 7) is 4.14. The predicted molar refractivity (Wildman–Crippen MR) is 103 cm³/mol. The summed E-state index contributed by atoms with van der Waals surface area (Å²) in [6.07, 6.45) is 5.84. The smallest absolute Gasteiger partial charge is 0.335 e. The summed E-state index contributed by atoms with van der Waals surface area (Å²) in [4.78, 5) is 12.1. The Morgan fingerprint density at radius 1 is 1.08 bits per heavy atom. The van der Waals surface area contributed by atoms with Gasteiger partial charge in [-0.2, -0.15) is 0 Å². The van der Waals surface area contributed by atoms with Crippen molar-refractivity contribution in [3.63, 3.8) is 0 Å². The summed E-state index contributed by atoms with van der Waals surface area (Å²) < 4.78 is 11.4. The second-order valence-electron chi connectivity index (χ2n) is 7.27. The van der Waals surface area contributed by atoms with Gasteiger partial charge in [-0.1, -0.05) is 54.5 Å². The van der Waals surface area contributed by atoms with E-state index in [2.05, 4.69) is 18.1 Å². The molecular weight excluding hydrogens is 324 g/mol. The number of carbonyl (C=O) groups excluding carboxylic acids is 1. The van der Waals surface area contributed by atoms with Gasteiger partial charge in [0.05, 0.1) is 6.61 Å². The van der Waals surface area contributed by atoms with Gasteiger partial charge in [0, 0.05) is 12.0 Å². The highest BCUT2D eigenvalue weighted by molar-refractivity contribution is 6.07. The Labute approximate surface area is 152 Å². The zero-order valence-corrected chi connectivity index (χ0v) is 14.9. The van der Waals surface area contributed by atoms with Crippen LogP contribution in [0.4, 0.5) is 0 Å². The fraction of sp³-hybridized carbons (Fsp3) is 0.261. The lowest BCUT2D eigenvalue weighted by molar-refractivity contribution is -0.153. The number of hydrogen-bond donors (Lipinski definition) is 0. The molecule has 0 N–H and O–H groups in total. The zero-order valence-electron chi connectivity index (χ0n) is 14.9. The molecule has 130 valence electrons. The lowest BCUT2D eigenvalue weighted by atomic mass is 9.92. The van der Waals surface area contributed by atoms with Crippen molar-refractivity contribution in [3.05, 3.63) is 59.7 Å². The maximum atomic E-state index is 12.1. The van der Waals surface area contributed by atoms with Crippen molar-refractivity contribution in [2.24, 2.45) is 0 Å². The van der Waals surface area contributed by atoms with Crippen molar-refractivity contribution in [3.8, 4) is 12.3 Å². The van der Waals surface area contributed by atoms with E-state index in [0.29, 0.717) is 13.0 Å². The molecule has 1 aliphatic rings. The normalized spacial score (nSPS) is 18.8. The van der Waals surface area contributed by atoms with Crippen LogP contribution in [0, 0.1) is 12.3 Å². The molecule has 0 aliphatic carbocycles. The number of hydrogen-bond acceptors (Lipinski definition) is 3. The maximum Gasteiger partial charge on any atom is 0.335 e. The van der Waals surface area contributed by atoms with Gasteiger partial charge in [-0.25, -0.2) is 4.79 Å².